The summed E-state index contributed by atoms with van der Waals surface area (Å²) in [7, 11) is 1.59. The predicted molar refractivity (Wildman–Crippen MR) is 91.4 cm³/mol. The quantitative estimate of drug-likeness (QED) is 0.850. The highest BCUT2D eigenvalue weighted by Gasteiger charge is 2.29. The second-order valence-electron chi connectivity index (χ2n) is 5.82. The van der Waals surface area contributed by atoms with Crippen molar-refractivity contribution in [1.29, 1.82) is 0 Å². The lowest BCUT2D eigenvalue weighted by atomic mass is 10.1. The Hall–Kier alpha value is -2.54. The molecule has 2 amide bonds. The number of furan rings is 1. The standard InChI is InChI=1S/C18H22N2O5/c1-3-24-18(22)20-10-8-19(9-11-20)17(21)16-14(12-23-2)13-6-4-5-7-15(13)25-16/h4-7H,3,8-12H2,1-2H3. The summed E-state index contributed by atoms with van der Waals surface area (Å²) in [5.74, 6) is 0.138. The van der Waals surface area contributed by atoms with E-state index in [9.17, 15) is 9.59 Å². The van der Waals surface area contributed by atoms with Crippen LogP contribution in [0.3, 0.4) is 0 Å². The zero-order valence-corrected chi connectivity index (χ0v) is 14.5. The molecule has 0 spiro atoms. The van der Waals surface area contributed by atoms with Gasteiger partial charge in [0.05, 0.1) is 13.2 Å². The number of fused-ring (bicyclic) bond motifs is 1. The van der Waals surface area contributed by atoms with Gasteiger partial charge in [0.2, 0.25) is 0 Å². The minimum atomic E-state index is -0.335. The number of rotatable bonds is 4. The van der Waals surface area contributed by atoms with Gasteiger partial charge in [0.15, 0.2) is 5.76 Å². The van der Waals surface area contributed by atoms with Crippen LogP contribution in [0.15, 0.2) is 28.7 Å². The van der Waals surface area contributed by atoms with Crippen LogP contribution in [-0.4, -0.2) is 61.7 Å². The van der Waals surface area contributed by atoms with Gasteiger partial charge in [-0.25, -0.2) is 4.79 Å². The molecule has 7 nitrogen and oxygen atoms in total. The maximum absolute atomic E-state index is 12.9. The fourth-order valence-corrected chi connectivity index (χ4v) is 3.01. The normalized spacial score (nSPS) is 14.8. The first-order valence-electron chi connectivity index (χ1n) is 8.36. The number of amides is 2. The van der Waals surface area contributed by atoms with Crippen molar-refractivity contribution in [3.63, 3.8) is 0 Å². The minimum Gasteiger partial charge on any atom is -0.451 e. The second kappa shape index (κ2) is 7.57. The summed E-state index contributed by atoms with van der Waals surface area (Å²) >= 11 is 0. The van der Waals surface area contributed by atoms with Crippen molar-refractivity contribution in [2.45, 2.75) is 13.5 Å². The largest absolute Gasteiger partial charge is 0.451 e. The molecule has 0 radical (unpaired) electrons. The topological polar surface area (TPSA) is 72.2 Å². The van der Waals surface area contributed by atoms with E-state index in [1.807, 2.05) is 24.3 Å². The molecule has 1 aromatic heterocycles. The molecule has 3 rings (SSSR count). The lowest BCUT2D eigenvalue weighted by Crippen LogP contribution is -2.50. The van der Waals surface area contributed by atoms with Crippen molar-refractivity contribution in [1.82, 2.24) is 9.80 Å². The Morgan fingerprint density at radius 1 is 1.12 bits per heavy atom. The fourth-order valence-electron chi connectivity index (χ4n) is 3.01. The van der Waals surface area contributed by atoms with Crippen molar-refractivity contribution in [3.8, 4) is 0 Å². The van der Waals surface area contributed by atoms with E-state index in [2.05, 4.69) is 0 Å². The number of nitrogens with zero attached hydrogens (tertiary/aromatic N) is 2. The number of hydrogen-bond donors (Lipinski definition) is 0. The zero-order valence-electron chi connectivity index (χ0n) is 14.5. The number of methoxy groups -OCH3 is 1. The van der Waals surface area contributed by atoms with Crippen LogP contribution in [-0.2, 0) is 16.1 Å². The number of carbonyl (C=O) groups is 2. The van der Waals surface area contributed by atoms with E-state index in [0.29, 0.717) is 50.7 Å². The molecule has 1 aliphatic heterocycles. The minimum absolute atomic E-state index is 0.174. The Morgan fingerprint density at radius 3 is 2.48 bits per heavy atom. The predicted octanol–water partition coefficient (Wildman–Crippen LogP) is 2.49. The van der Waals surface area contributed by atoms with E-state index in [-0.39, 0.29) is 12.0 Å². The SMILES string of the molecule is CCOC(=O)N1CCN(C(=O)c2oc3ccccc3c2COC)CC1. The zero-order chi connectivity index (χ0) is 17.8. The third kappa shape index (κ3) is 3.46. The molecule has 0 atom stereocenters. The molecular formula is C18H22N2O5. The maximum Gasteiger partial charge on any atom is 0.409 e. The molecule has 7 heteroatoms. The van der Waals surface area contributed by atoms with Gasteiger partial charge in [-0.1, -0.05) is 18.2 Å². The molecule has 1 aromatic carbocycles. The van der Waals surface area contributed by atoms with E-state index in [1.54, 1.807) is 23.8 Å². The van der Waals surface area contributed by atoms with Crippen molar-refractivity contribution in [3.05, 3.63) is 35.6 Å². The average molecular weight is 346 g/mol. The molecule has 0 N–H and O–H groups in total. The van der Waals surface area contributed by atoms with E-state index in [4.69, 9.17) is 13.9 Å². The molecule has 2 heterocycles. The highest BCUT2D eigenvalue weighted by molar-refractivity contribution is 5.99. The Balaban J connectivity index is 1.77. The number of benzene rings is 1. The van der Waals surface area contributed by atoms with Crippen molar-refractivity contribution >= 4 is 23.0 Å². The van der Waals surface area contributed by atoms with Gasteiger partial charge in [-0.2, -0.15) is 0 Å². The first-order valence-corrected chi connectivity index (χ1v) is 8.36. The number of para-hydroxylation sites is 1. The monoisotopic (exact) mass is 346 g/mol. The molecule has 134 valence electrons. The molecular weight excluding hydrogens is 324 g/mol. The number of carbonyl (C=O) groups excluding carboxylic acids is 2. The van der Waals surface area contributed by atoms with Crippen molar-refractivity contribution < 1.29 is 23.5 Å². The van der Waals surface area contributed by atoms with Crippen molar-refractivity contribution in [2.75, 3.05) is 39.9 Å². The molecule has 2 aromatic rings. The third-order valence-electron chi connectivity index (χ3n) is 4.27. The van der Waals surface area contributed by atoms with Crippen LogP contribution in [0.2, 0.25) is 0 Å². The Bertz CT molecular complexity index is 762. The summed E-state index contributed by atoms with van der Waals surface area (Å²) in [6.07, 6.45) is -0.335. The number of ether oxygens (including phenoxy) is 2. The maximum atomic E-state index is 12.9. The molecule has 1 fully saturated rings. The highest BCUT2D eigenvalue weighted by Crippen LogP contribution is 2.27. The van der Waals surface area contributed by atoms with Gasteiger partial charge in [-0.15, -0.1) is 0 Å². The van der Waals surface area contributed by atoms with Crippen LogP contribution < -0.4 is 0 Å². The smallest absolute Gasteiger partial charge is 0.409 e. The van der Waals surface area contributed by atoms with Crippen LogP contribution in [0.4, 0.5) is 4.79 Å². The van der Waals surface area contributed by atoms with Crippen LogP contribution in [0.25, 0.3) is 11.0 Å². The summed E-state index contributed by atoms with van der Waals surface area (Å²) in [5, 5.41) is 0.887. The Morgan fingerprint density at radius 2 is 1.80 bits per heavy atom. The molecule has 0 aliphatic carbocycles. The van der Waals surface area contributed by atoms with Crippen molar-refractivity contribution in [2.24, 2.45) is 0 Å². The summed E-state index contributed by atoms with van der Waals surface area (Å²) in [6, 6.07) is 7.53. The summed E-state index contributed by atoms with van der Waals surface area (Å²) in [6.45, 7) is 4.21. The molecule has 1 saturated heterocycles. The Labute approximate surface area is 146 Å². The van der Waals surface area contributed by atoms with Crippen LogP contribution in [0.1, 0.15) is 23.0 Å². The number of piperazine rings is 1. The van der Waals surface area contributed by atoms with Gasteiger partial charge in [0.1, 0.15) is 5.58 Å². The Kier molecular flexibility index (Phi) is 5.23. The molecule has 1 aliphatic rings. The van der Waals surface area contributed by atoms with Crippen LogP contribution >= 0.6 is 0 Å². The third-order valence-corrected chi connectivity index (χ3v) is 4.27. The van der Waals surface area contributed by atoms with E-state index in [1.165, 1.54) is 0 Å². The second-order valence-corrected chi connectivity index (χ2v) is 5.82. The first kappa shape index (κ1) is 17.3. The lowest BCUT2D eigenvalue weighted by molar-refractivity contribution is 0.0543. The van der Waals surface area contributed by atoms with Crippen LogP contribution in [0.5, 0.6) is 0 Å². The fraction of sp³-hybridized carbons (Fsp3) is 0.444. The van der Waals surface area contributed by atoms with Gasteiger partial charge in [-0.05, 0) is 13.0 Å². The summed E-state index contributed by atoms with van der Waals surface area (Å²) in [4.78, 5) is 28.0. The lowest BCUT2D eigenvalue weighted by Gasteiger charge is -2.33. The van der Waals surface area contributed by atoms with E-state index >= 15 is 0 Å². The van der Waals surface area contributed by atoms with Gasteiger partial charge in [-0.3, -0.25) is 4.79 Å². The van der Waals surface area contributed by atoms with E-state index < -0.39 is 0 Å². The van der Waals surface area contributed by atoms with Gasteiger partial charge in [0, 0.05) is 44.2 Å². The van der Waals surface area contributed by atoms with Gasteiger partial charge < -0.3 is 23.7 Å². The van der Waals surface area contributed by atoms with Gasteiger partial charge in [0.25, 0.3) is 5.91 Å². The average Bonchev–Trinajstić information content (AvgIpc) is 3.00. The molecule has 25 heavy (non-hydrogen) atoms. The summed E-state index contributed by atoms with van der Waals surface area (Å²) in [5.41, 5.74) is 1.43. The van der Waals surface area contributed by atoms with E-state index in [0.717, 1.165) is 10.9 Å². The molecule has 0 saturated carbocycles. The first-order chi connectivity index (χ1) is 12.2. The summed E-state index contributed by atoms with van der Waals surface area (Å²) < 4.78 is 16.1. The number of hydrogen-bond acceptors (Lipinski definition) is 5. The van der Waals surface area contributed by atoms with Gasteiger partial charge >= 0.3 is 6.09 Å². The molecule has 0 unspecified atom stereocenters. The highest BCUT2D eigenvalue weighted by atomic mass is 16.6. The van der Waals surface area contributed by atoms with Crippen LogP contribution in [0, 0.1) is 0 Å². The molecule has 0 bridgehead atoms.